The zero-order valence-electron chi connectivity index (χ0n) is 10.8. The van der Waals surface area contributed by atoms with Crippen molar-refractivity contribution in [1.82, 2.24) is 5.32 Å². The van der Waals surface area contributed by atoms with Gasteiger partial charge >= 0.3 is 5.97 Å². The van der Waals surface area contributed by atoms with Crippen LogP contribution in [-0.2, 0) is 19.1 Å². The summed E-state index contributed by atoms with van der Waals surface area (Å²) in [7, 11) is 2.97. The van der Waals surface area contributed by atoms with Crippen molar-refractivity contribution in [3.8, 4) is 0 Å². The van der Waals surface area contributed by atoms with Gasteiger partial charge in [-0.25, -0.2) is 0 Å². The first-order valence-corrected chi connectivity index (χ1v) is 6.16. The van der Waals surface area contributed by atoms with Gasteiger partial charge in [0.05, 0.1) is 18.4 Å². The second kappa shape index (κ2) is 7.33. The molecular formula is C12H21NO5. The normalized spacial score (nSPS) is 23.9. The molecule has 1 aliphatic carbocycles. The van der Waals surface area contributed by atoms with Crippen LogP contribution < -0.4 is 5.32 Å². The van der Waals surface area contributed by atoms with Gasteiger partial charge in [0, 0.05) is 14.2 Å². The molecule has 2 atom stereocenters. The van der Waals surface area contributed by atoms with Crippen molar-refractivity contribution in [3.63, 3.8) is 0 Å². The van der Waals surface area contributed by atoms with E-state index in [-0.39, 0.29) is 12.5 Å². The van der Waals surface area contributed by atoms with Crippen LogP contribution in [0.4, 0.5) is 0 Å². The van der Waals surface area contributed by atoms with Crippen LogP contribution in [0.5, 0.6) is 0 Å². The topological polar surface area (TPSA) is 84.9 Å². The van der Waals surface area contributed by atoms with Crippen LogP contribution in [-0.4, -0.2) is 44.0 Å². The Morgan fingerprint density at radius 3 is 2.28 bits per heavy atom. The molecule has 0 saturated heterocycles. The quantitative estimate of drug-likeness (QED) is 0.683. The lowest BCUT2D eigenvalue weighted by atomic mass is 9.79. The van der Waals surface area contributed by atoms with E-state index in [2.05, 4.69) is 5.32 Å². The maximum atomic E-state index is 12.0. The third-order valence-electron chi connectivity index (χ3n) is 3.39. The number of rotatable bonds is 6. The summed E-state index contributed by atoms with van der Waals surface area (Å²) >= 11 is 0. The molecule has 1 saturated carbocycles. The Kier molecular flexibility index (Phi) is 6.07. The van der Waals surface area contributed by atoms with Crippen molar-refractivity contribution in [3.05, 3.63) is 0 Å². The fourth-order valence-electron chi connectivity index (χ4n) is 2.32. The number of aliphatic carboxylic acids is 1. The summed E-state index contributed by atoms with van der Waals surface area (Å²) in [4.78, 5) is 23.1. The summed E-state index contributed by atoms with van der Waals surface area (Å²) in [6, 6.07) is 0. The van der Waals surface area contributed by atoms with Crippen LogP contribution in [0, 0.1) is 11.8 Å². The highest BCUT2D eigenvalue weighted by Crippen LogP contribution is 2.30. The summed E-state index contributed by atoms with van der Waals surface area (Å²) < 4.78 is 9.92. The van der Waals surface area contributed by atoms with E-state index in [1.54, 1.807) is 0 Å². The van der Waals surface area contributed by atoms with E-state index in [1.807, 2.05) is 0 Å². The van der Waals surface area contributed by atoms with Crippen LogP contribution in [0.1, 0.15) is 25.7 Å². The molecule has 1 amide bonds. The third kappa shape index (κ3) is 3.96. The highest BCUT2D eigenvalue weighted by molar-refractivity contribution is 5.84. The van der Waals surface area contributed by atoms with Gasteiger partial charge in [0.2, 0.25) is 5.91 Å². The fourth-order valence-corrected chi connectivity index (χ4v) is 2.32. The molecular weight excluding hydrogens is 238 g/mol. The molecule has 104 valence electrons. The number of ether oxygens (including phenoxy) is 2. The van der Waals surface area contributed by atoms with Gasteiger partial charge in [-0.1, -0.05) is 12.8 Å². The SMILES string of the molecule is COC(CNC(=O)[C@@H]1CCCC[C@@H]1C(=O)O)OC. The lowest BCUT2D eigenvalue weighted by molar-refractivity contribution is -0.149. The molecule has 0 spiro atoms. The molecule has 0 bridgehead atoms. The lowest BCUT2D eigenvalue weighted by Crippen LogP contribution is -2.42. The summed E-state index contributed by atoms with van der Waals surface area (Å²) in [5.41, 5.74) is 0. The van der Waals surface area contributed by atoms with Gasteiger partial charge in [-0.2, -0.15) is 0 Å². The first-order chi connectivity index (χ1) is 8.60. The summed E-state index contributed by atoms with van der Waals surface area (Å²) in [6.45, 7) is 0.231. The standard InChI is InChI=1S/C12H21NO5/c1-17-10(18-2)7-13-11(14)8-5-3-4-6-9(8)12(15)16/h8-10H,3-7H2,1-2H3,(H,13,14)(H,15,16)/t8-,9+/m1/s1. The fraction of sp³-hybridized carbons (Fsp3) is 0.833. The molecule has 6 nitrogen and oxygen atoms in total. The van der Waals surface area contributed by atoms with E-state index in [9.17, 15) is 9.59 Å². The van der Waals surface area contributed by atoms with Gasteiger partial charge in [-0.05, 0) is 12.8 Å². The van der Waals surface area contributed by atoms with Crippen molar-refractivity contribution >= 4 is 11.9 Å². The second-order valence-corrected chi connectivity index (χ2v) is 4.48. The van der Waals surface area contributed by atoms with Crippen LogP contribution >= 0.6 is 0 Å². The largest absolute Gasteiger partial charge is 0.481 e. The van der Waals surface area contributed by atoms with Gasteiger partial charge in [-0.15, -0.1) is 0 Å². The Morgan fingerprint density at radius 1 is 1.22 bits per heavy atom. The van der Waals surface area contributed by atoms with Crippen LogP contribution in [0.3, 0.4) is 0 Å². The highest BCUT2D eigenvalue weighted by atomic mass is 16.7. The van der Waals surface area contributed by atoms with Gasteiger partial charge < -0.3 is 19.9 Å². The minimum absolute atomic E-state index is 0.221. The number of carboxylic acid groups (broad SMARTS) is 1. The number of hydrogen-bond acceptors (Lipinski definition) is 4. The number of carbonyl (C=O) groups is 2. The molecule has 6 heteroatoms. The average Bonchev–Trinajstić information content (AvgIpc) is 2.39. The number of amides is 1. The van der Waals surface area contributed by atoms with Crippen molar-refractivity contribution in [2.45, 2.75) is 32.0 Å². The molecule has 1 aliphatic rings. The van der Waals surface area contributed by atoms with E-state index in [0.29, 0.717) is 12.8 Å². The van der Waals surface area contributed by atoms with E-state index >= 15 is 0 Å². The van der Waals surface area contributed by atoms with Gasteiger partial charge in [-0.3, -0.25) is 9.59 Å². The van der Waals surface area contributed by atoms with E-state index in [0.717, 1.165) is 12.8 Å². The Balaban J connectivity index is 2.50. The molecule has 0 aromatic carbocycles. The second-order valence-electron chi connectivity index (χ2n) is 4.48. The van der Waals surface area contributed by atoms with Crippen molar-refractivity contribution in [2.24, 2.45) is 11.8 Å². The zero-order chi connectivity index (χ0) is 13.5. The molecule has 1 fully saturated rings. The monoisotopic (exact) mass is 259 g/mol. The maximum Gasteiger partial charge on any atom is 0.307 e. The molecule has 1 rings (SSSR count). The molecule has 0 aliphatic heterocycles. The smallest absolute Gasteiger partial charge is 0.307 e. The predicted molar refractivity (Wildman–Crippen MR) is 63.9 cm³/mol. The summed E-state index contributed by atoms with van der Waals surface area (Å²) in [5.74, 6) is -2.11. The van der Waals surface area contributed by atoms with Gasteiger partial charge in [0.1, 0.15) is 0 Å². The summed E-state index contributed by atoms with van der Waals surface area (Å²) in [6.07, 6.45) is 2.49. The predicted octanol–water partition coefficient (Wildman–Crippen LogP) is 0.612. The zero-order valence-corrected chi connectivity index (χ0v) is 10.8. The molecule has 2 N–H and O–H groups in total. The molecule has 0 heterocycles. The number of carboxylic acids is 1. The van der Waals surface area contributed by atoms with E-state index in [4.69, 9.17) is 14.6 Å². The number of methoxy groups -OCH3 is 2. The molecule has 0 unspecified atom stereocenters. The Labute approximate surface area is 107 Å². The first kappa shape index (κ1) is 14.9. The van der Waals surface area contributed by atoms with Crippen molar-refractivity contribution < 1.29 is 24.2 Å². The molecule has 18 heavy (non-hydrogen) atoms. The molecule has 0 aromatic heterocycles. The minimum Gasteiger partial charge on any atom is -0.481 e. The number of nitrogens with one attached hydrogen (secondary N) is 1. The Morgan fingerprint density at radius 2 is 1.78 bits per heavy atom. The molecule has 0 aromatic rings. The van der Waals surface area contributed by atoms with E-state index < -0.39 is 24.1 Å². The Bertz CT molecular complexity index is 290. The van der Waals surface area contributed by atoms with Crippen molar-refractivity contribution in [2.75, 3.05) is 20.8 Å². The number of carbonyl (C=O) groups excluding carboxylic acids is 1. The third-order valence-corrected chi connectivity index (χ3v) is 3.39. The lowest BCUT2D eigenvalue weighted by Gasteiger charge is -2.27. The van der Waals surface area contributed by atoms with Crippen LogP contribution in [0.15, 0.2) is 0 Å². The minimum atomic E-state index is -0.884. The maximum absolute atomic E-state index is 12.0. The van der Waals surface area contributed by atoms with E-state index in [1.165, 1.54) is 14.2 Å². The number of hydrogen-bond donors (Lipinski definition) is 2. The van der Waals surface area contributed by atoms with Gasteiger partial charge in [0.25, 0.3) is 0 Å². The molecule has 0 radical (unpaired) electrons. The summed E-state index contributed by atoms with van der Waals surface area (Å²) in [5, 5.41) is 11.8. The van der Waals surface area contributed by atoms with Crippen LogP contribution in [0.2, 0.25) is 0 Å². The highest BCUT2D eigenvalue weighted by Gasteiger charge is 2.35. The van der Waals surface area contributed by atoms with Gasteiger partial charge in [0.15, 0.2) is 6.29 Å². The Hall–Kier alpha value is -1.14. The first-order valence-electron chi connectivity index (χ1n) is 6.16. The average molecular weight is 259 g/mol. The van der Waals surface area contributed by atoms with Crippen LogP contribution in [0.25, 0.3) is 0 Å². The van der Waals surface area contributed by atoms with Crippen molar-refractivity contribution in [1.29, 1.82) is 0 Å².